The predicted octanol–water partition coefficient (Wildman–Crippen LogP) is 9.78. The van der Waals surface area contributed by atoms with Gasteiger partial charge in [0, 0.05) is 94.0 Å². The molecule has 0 unspecified atom stereocenters. The Morgan fingerprint density at radius 3 is 1.49 bits per heavy atom. The van der Waals surface area contributed by atoms with E-state index in [1.807, 2.05) is 27.9 Å². The maximum absolute atomic E-state index is 14.4. The molecule has 4 amide bonds. The Morgan fingerprint density at radius 2 is 1.06 bits per heavy atom. The largest absolute Gasteiger partial charge is 0.508 e. The zero-order valence-corrected chi connectivity index (χ0v) is 49.7. The van der Waals surface area contributed by atoms with E-state index in [-0.39, 0.29) is 73.9 Å². The molecule has 18 nitrogen and oxygen atoms in total. The Bertz CT molecular complexity index is 2840. The number of rotatable bonds is 20. The minimum Gasteiger partial charge on any atom is -0.508 e. The molecule has 6 heterocycles. The van der Waals surface area contributed by atoms with Crippen molar-refractivity contribution in [2.45, 2.75) is 175 Å². The molecule has 8 rings (SSSR count). The third-order valence-corrected chi connectivity index (χ3v) is 17.5. The quantitative estimate of drug-likeness (QED) is 0.106. The van der Waals surface area contributed by atoms with Crippen LogP contribution in [0.4, 0.5) is 9.59 Å². The van der Waals surface area contributed by atoms with E-state index >= 15 is 0 Å². The fourth-order valence-corrected chi connectivity index (χ4v) is 12.1. The normalized spacial score (nSPS) is 23.4. The summed E-state index contributed by atoms with van der Waals surface area (Å²) < 4.78 is 26.4. The van der Waals surface area contributed by atoms with Gasteiger partial charge >= 0.3 is 18.2 Å². The number of fused-ring (bicyclic) bond motifs is 6. The molecular formula is C63H88N6O12. The number of nitrogens with zero attached hydrogens (tertiary/aromatic N) is 6. The highest BCUT2D eigenvalue weighted by Crippen LogP contribution is 2.49. The smallest absolute Gasteiger partial charge is 0.410 e. The molecule has 18 heteroatoms. The summed E-state index contributed by atoms with van der Waals surface area (Å²) in [6, 6.07) is 1.53. The zero-order valence-electron chi connectivity index (χ0n) is 49.7. The summed E-state index contributed by atoms with van der Waals surface area (Å²) in [5, 5.41) is 33.9. The summed E-state index contributed by atoms with van der Waals surface area (Å²) in [7, 11) is 4.03. The first-order chi connectivity index (χ1) is 38.4. The summed E-state index contributed by atoms with van der Waals surface area (Å²) in [4.78, 5) is 79.8. The van der Waals surface area contributed by atoms with Crippen LogP contribution in [0.2, 0.25) is 0 Å². The summed E-state index contributed by atoms with van der Waals surface area (Å²) in [5.74, 6) is -1.75. The van der Waals surface area contributed by atoms with Crippen molar-refractivity contribution in [3.63, 3.8) is 0 Å². The van der Waals surface area contributed by atoms with Crippen LogP contribution in [0.15, 0.2) is 58.7 Å². The molecule has 81 heavy (non-hydrogen) atoms. The lowest BCUT2D eigenvalue weighted by Crippen LogP contribution is -2.54. The molecule has 3 N–H and O–H groups in total. The van der Waals surface area contributed by atoms with Gasteiger partial charge in [-0.15, -0.1) is 0 Å². The maximum Gasteiger partial charge on any atom is 0.410 e. The Kier molecular flexibility index (Phi) is 19.2. The van der Waals surface area contributed by atoms with Gasteiger partial charge in [0.15, 0.2) is 0 Å². The van der Waals surface area contributed by atoms with Crippen LogP contribution in [0.5, 0.6) is 23.0 Å². The SMILES string of the molecule is CC(C)=CCC/C(C)=C/CC[C@@]1(C)Oc2c(c(O)cc3c2CN(CCC[C@@H](C(=O)O)N2Cc4c(cc(O)c5c4O[C@](C)(CC/C=C(\C)CCC=C(C)C)[C@@H](OC(=O)N4CCN(C)CC4)C5)C2=O)C3=O)C[C@@H]1OC(=O)N1CCN(C)CC1. The van der Waals surface area contributed by atoms with Crippen molar-refractivity contribution < 1.29 is 58.2 Å². The number of aromatic hydroxyl groups is 2. The average Bonchev–Trinajstić information content (AvgIpc) is 3.92. The molecule has 0 radical (unpaired) electrons. The topological polar surface area (TPSA) is 202 Å². The fourth-order valence-electron chi connectivity index (χ4n) is 12.1. The zero-order chi connectivity index (χ0) is 58.5. The maximum atomic E-state index is 14.4. The number of likely N-dealkylation sites (N-methyl/N-ethyl adjacent to an activating group) is 2. The Balaban J connectivity index is 0.972. The summed E-state index contributed by atoms with van der Waals surface area (Å²) >= 11 is 0. The van der Waals surface area contributed by atoms with Crippen LogP contribution in [0, 0.1) is 0 Å². The van der Waals surface area contributed by atoms with Crippen molar-refractivity contribution in [3.05, 3.63) is 92.1 Å². The molecule has 5 atom stereocenters. The molecule has 0 bridgehead atoms. The molecule has 0 aliphatic carbocycles. The van der Waals surface area contributed by atoms with E-state index < -0.39 is 53.5 Å². The number of carboxylic acid groups (broad SMARTS) is 1. The molecule has 0 aromatic heterocycles. The fraction of sp³-hybridized carbons (Fsp3) is 0.603. The summed E-state index contributed by atoms with van der Waals surface area (Å²) in [6.45, 7) is 21.6. The summed E-state index contributed by atoms with van der Waals surface area (Å²) in [5.41, 5.74) is 5.25. The second-order valence-electron chi connectivity index (χ2n) is 24.5. The average molecular weight is 1120 g/mol. The number of carbonyl (C=O) groups is 5. The Morgan fingerprint density at radius 1 is 0.630 bits per heavy atom. The van der Waals surface area contributed by atoms with E-state index in [1.54, 1.807) is 14.7 Å². The van der Waals surface area contributed by atoms with E-state index in [9.17, 15) is 39.3 Å². The van der Waals surface area contributed by atoms with E-state index in [0.717, 1.165) is 38.8 Å². The van der Waals surface area contributed by atoms with Gasteiger partial charge in [-0.2, -0.15) is 0 Å². The van der Waals surface area contributed by atoms with Gasteiger partial charge in [-0.1, -0.05) is 46.6 Å². The molecule has 6 aliphatic heterocycles. The van der Waals surface area contributed by atoms with Crippen molar-refractivity contribution in [1.82, 2.24) is 29.4 Å². The van der Waals surface area contributed by atoms with Gasteiger partial charge in [0.1, 0.15) is 52.4 Å². The molecule has 2 saturated heterocycles. The third-order valence-electron chi connectivity index (χ3n) is 17.5. The van der Waals surface area contributed by atoms with Gasteiger partial charge in [-0.3, -0.25) is 9.59 Å². The summed E-state index contributed by atoms with van der Waals surface area (Å²) in [6.07, 6.45) is 12.8. The highest BCUT2D eigenvalue weighted by atomic mass is 16.6. The number of aliphatic carboxylic acids is 1. The molecule has 2 fully saturated rings. The lowest BCUT2D eigenvalue weighted by atomic mass is 9.84. The van der Waals surface area contributed by atoms with Crippen molar-refractivity contribution in [2.24, 2.45) is 0 Å². The first kappa shape index (κ1) is 60.6. The van der Waals surface area contributed by atoms with Gasteiger partial charge in [-0.05, 0) is 146 Å². The molecular weight excluding hydrogens is 1030 g/mol. The number of ether oxygens (including phenoxy) is 4. The number of hydrogen-bond donors (Lipinski definition) is 3. The van der Waals surface area contributed by atoms with Crippen LogP contribution in [-0.4, -0.2) is 177 Å². The number of benzene rings is 2. The third kappa shape index (κ3) is 14.0. The second kappa shape index (κ2) is 25.7. The molecule has 442 valence electrons. The number of carboxylic acids is 1. The first-order valence-corrected chi connectivity index (χ1v) is 29.3. The molecule has 0 saturated carbocycles. The standard InChI is InChI=1S/C63H88N6O12/c1-40(2)16-11-18-42(5)20-13-23-62(7)53(78-60(76)66-30-26-64(9)27-31-66)36-46-51(70)34-44-48(55(46)80-62)38-68(57(44)72)25-15-22-50(59(74)75)69-39-49-45(58(69)73)35-52(71)47-37-54(79-61(77)67-32-28-65(10)29-33-67)63(8,81-56(47)49)24-14-21-43(6)19-12-17-41(3)4/h16-17,20-21,34-35,50,53-54,70-71H,11-15,18-19,22-33,36-39H2,1-10H3,(H,74,75)/b42-20+,43-21+/t50-,53-,54-,62+,63+/m0/s1. The number of piperazine rings is 2. The van der Waals surface area contributed by atoms with Gasteiger partial charge in [0.05, 0.1) is 24.2 Å². The first-order valence-electron chi connectivity index (χ1n) is 29.3. The van der Waals surface area contributed by atoms with E-state index in [2.05, 4.69) is 75.6 Å². The number of phenolic OH excluding ortho intramolecular Hbond substituents is 2. The minimum atomic E-state index is -1.29. The number of allylic oxidation sites excluding steroid dienone is 8. The van der Waals surface area contributed by atoms with Crippen molar-refractivity contribution in [1.29, 1.82) is 0 Å². The van der Waals surface area contributed by atoms with E-state index in [1.165, 1.54) is 39.3 Å². The number of amides is 4. The number of phenols is 2. The van der Waals surface area contributed by atoms with Crippen LogP contribution >= 0.6 is 0 Å². The van der Waals surface area contributed by atoms with E-state index in [4.69, 9.17) is 18.9 Å². The van der Waals surface area contributed by atoms with Gasteiger partial charge in [0.25, 0.3) is 11.8 Å². The van der Waals surface area contributed by atoms with Crippen LogP contribution in [-0.2, 0) is 40.2 Å². The number of hydrogen-bond acceptors (Lipinski definition) is 13. The van der Waals surface area contributed by atoms with Crippen LogP contribution in [0.3, 0.4) is 0 Å². The highest BCUT2D eigenvalue weighted by molar-refractivity contribution is 6.02. The van der Waals surface area contributed by atoms with Gasteiger partial charge < -0.3 is 63.7 Å². The van der Waals surface area contributed by atoms with Crippen molar-refractivity contribution in [3.8, 4) is 23.0 Å². The number of carbonyl (C=O) groups excluding carboxylic acids is 4. The predicted molar refractivity (Wildman–Crippen MR) is 309 cm³/mol. The van der Waals surface area contributed by atoms with E-state index in [0.29, 0.717) is 98.7 Å². The van der Waals surface area contributed by atoms with Crippen LogP contribution in [0.25, 0.3) is 0 Å². The molecule has 2 aromatic carbocycles. The second-order valence-corrected chi connectivity index (χ2v) is 24.5. The van der Waals surface area contributed by atoms with Crippen LogP contribution in [0.1, 0.15) is 163 Å². The van der Waals surface area contributed by atoms with Gasteiger partial charge in [0.2, 0.25) is 0 Å². The van der Waals surface area contributed by atoms with Crippen molar-refractivity contribution >= 4 is 30.0 Å². The molecule has 0 spiro atoms. The molecule has 6 aliphatic rings. The highest BCUT2D eigenvalue weighted by Gasteiger charge is 2.50. The van der Waals surface area contributed by atoms with Crippen LogP contribution < -0.4 is 9.47 Å². The lowest BCUT2D eigenvalue weighted by molar-refractivity contribution is -0.142. The lowest BCUT2D eigenvalue weighted by Gasteiger charge is -2.43. The minimum absolute atomic E-state index is 0.00506. The monoisotopic (exact) mass is 1120 g/mol. The Labute approximate surface area is 479 Å². The van der Waals surface area contributed by atoms with Crippen molar-refractivity contribution in [2.75, 3.05) is 73.0 Å². The Hall–Kier alpha value is -6.53. The molecule has 2 aromatic rings. The van der Waals surface area contributed by atoms with Gasteiger partial charge in [-0.25, -0.2) is 14.4 Å².